The molecule has 1 unspecified atom stereocenters. The molecule has 0 spiro atoms. The first kappa shape index (κ1) is 20.3. The van der Waals surface area contributed by atoms with Crippen LogP contribution in [0.3, 0.4) is 0 Å². The summed E-state index contributed by atoms with van der Waals surface area (Å²) in [7, 11) is 0. The van der Waals surface area contributed by atoms with Crippen molar-refractivity contribution in [3.8, 4) is 11.5 Å². The highest BCUT2D eigenvalue weighted by molar-refractivity contribution is 6.36. The summed E-state index contributed by atoms with van der Waals surface area (Å²) in [5.74, 6) is 0.603. The molecule has 1 atom stereocenters. The van der Waals surface area contributed by atoms with Crippen molar-refractivity contribution in [2.75, 3.05) is 19.8 Å². The number of benzene rings is 2. The maximum atomic E-state index is 12.2. The van der Waals surface area contributed by atoms with E-state index >= 15 is 0 Å². The van der Waals surface area contributed by atoms with E-state index in [1.165, 1.54) is 12.1 Å². The van der Waals surface area contributed by atoms with Crippen LogP contribution >= 0.6 is 23.2 Å². The normalized spacial score (nSPS) is 14.0. The lowest BCUT2D eigenvalue weighted by Crippen LogP contribution is -2.38. The molecule has 0 aliphatic carbocycles. The molecule has 2 aromatic carbocycles. The van der Waals surface area contributed by atoms with Crippen LogP contribution in [0.1, 0.15) is 35.3 Å². The average molecular weight is 423 g/mol. The molecule has 2 N–H and O–H groups in total. The molecule has 0 bridgehead atoms. The number of carbonyl (C=O) groups is 2. The molecule has 0 radical (unpaired) electrons. The molecule has 0 fully saturated rings. The summed E-state index contributed by atoms with van der Waals surface area (Å²) in [6, 6.07) is 9.86. The fourth-order valence-corrected chi connectivity index (χ4v) is 3.25. The van der Waals surface area contributed by atoms with Gasteiger partial charge in [0.25, 0.3) is 5.91 Å². The molecule has 0 saturated heterocycles. The van der Waals surface area contributed by atoms with Gasteiger partial charge in [-0.15, -0.1) is 0 Å². The van der Waals surface area contributed by atoms with E-state index in [1.807, 2.05) is 25.1 Å². The zero-order valence-corrected chi connectivity index (χ0v) is 16.8. The van der Waals surface area contributed by atoms with Crippen molar-refractivity contribution in [2.45, 2.75) is 19.4 Å². The number of fused-ring (bicyclic) bond motifs is 1. The number of amides is 2. The van der Waals surface area contributed by atoms with E-state index in [9.17, 15) is 9.59 Å². The number of hydrogen-bond acceptors (Lipinski definition) is 4. The van der Waals surface area contributed by atoms with Crippen LogP contribution in [0.5, 0.6) is 11.5 Å². The smallest absolute Gasteiger partial charge is 0.253 e. The van der Waals surface area contributed by atoms with Gasteiger partial charge in [0.1, 0.15) is 0 Å². The molecule has 148 valence electrons. The number of rotatable bonds is 5. The second-order valence-electron chi connectivity index (χ2n) is 6.35. The van der Waals surface area contributed by atoms with Crippen molar-refractivity contribution >= 4 is 35.0 Å². The summed E-state index contributed by atoms with van der Waals surface area (Å²) in [6.45, 7) is 2.90. The van der Waals surface area contributed by atoms with Gasteiger partial charge in [-0.3, -0.25) is 9.59 Å². The molecule has 1 aliphatic heterocycles. The maximum Gasteiger partial charge on any atom is 0.253 e. The Balaban J connectivity index is 1.55. The monoisotopic (exact) mass is 422 g/mol. The van der Waals surface area contributed by atoms with E-state index in [4.69, 9.17) is 32.7 Å². The van der Waals surface area contributed by atoms with Gasteiger partial charge in [0.15, 0.2) is 11.5 Å². The lowest BCUT2D eigenvalue weighted by atomic mass is 10.1. The Morgan fingerprint density at radius 1 is 1.07 bits per heavy atom. The van der Waals surface area contributed by atoms with Crippen molar-refractivity contribution in [1.29, 1.82) is 0 Å². The van der Waals surface area contributed by atoms with Crippen LogP contribution in [0.4, 0.5) is 0 Å². The minimum absolute atomic E-state index is 0.174. The van der Waals surface area contributed by atoms with Crippen LogP contribution in [-0.4, -0.2) is 31.6 Å². The second-order valence-corrected chi connectivity index (χ2v) is 7.20. The van der Waals surface area contributed by atoms with E-state index in [2.05, 4.69) is 10.6 Å². The third-order valence-corrected chi connectivity index (χ3v) is 4.78. The Kier molecular flexibility index (Phi) is 6.65. The van der Waals surface area contributed by atoms with Gasteiger partial charge >= 0.3 is 0 Å². The van der Waals surface area contributed by atoms with Crippen LogP contribution in [0, 0.1) is 0 Å². The van der Waals surface area contributed by atoms with Crippen molar-refractivity contribution in [1.82, 2.24) is 10.6 Å². The van der Waals surface area contributed by atoms with Crippen LogP contribution in [0.2, 0.25) is 10.0 Å². The number of hydrogen-bond donors (Lipinski definition) is 2. The van der Waals surface area contributed by atoms with Gasteiger partial charge in [0, 0.05) is 11.4 Å². The Labute approximate surface area is 173 Å². The van der Waals surface area contributed by atoms with E-state index < -0.39 is 5.91 Å². The zero-order chi connectivity index (χ0) is 20.1. The fourth-order valence-electron chi connectivity index (χ4n) is 2.75. The van der Waals surface area contributed by atoms with Crippen molar-refractivity contribution in [3.63, 3.8) is 0 Å². The molecule has 0 aromatic heterocycles. The summed E-state index contributed by atoms with van der Waals surface area (Å²) in [5.41, 5.74) is 1.14. The summed E-state index contributed by atoms with van der Waals surface area (Å²) in [6.07, 6.45) is 0.827. The van der Waals surface area contributed by atoms with Gasteiger partial charge in [0.2, 0.25) is 5.91 Å². The van der Waals surface area contributed by atoms with E-state index in [0.717, 1.165) is 12.0 Å². The number of carbonyl (C=O) groups excluding carboxylic acids is 2. The first-order chi connectivity index (χ1) is 13.4. The van der Waals surface area contributed by atoms with Crippen LogP contribution in [0.25, 0.3) is 0 Å². The van der Waals surface area contributed by atoms with Crippen LogP contribution in [0.15, 0.2) is 36.4 Å². The molecule has 1 heterocycles. The Hall–Kier alpha value is -2.44. The highest BCUT2D eigenvalue weighted by Crippen LogP contribution is 2.32. The SMILES string of the molecule is CC(NC(=O)CNC(=O)c1ccc(Cl)cc1Cl)c1ccc2c(c1)OCCCO2. The Bertz CT molecular complexity index is 889. The molecule has 28 heavy (non-hydrogen) atoms. The largest absolute Gasteiger partial charge is 0.490 e. The molecule has 2 aromatic rings. The predicted molar refractivity (Wildman–Crippen MR) is 107 cm³/mol. The van der Waals surface area contributed by atoms with Crippen molar-refractivity contribution in [2.24, 2.45) is 0 Å². The number of halogens is 2. The van der Waals surface area contributed by atoms with Crippen molar-refractivity contribution in [3.05, 3.63) is 57.6 Å². The minimum Gasteiger partial charge on any atom is -0.490 e. The van der Waals surface area contributed by atoms with E-state index in [0.29, 0.717) is 29.7 Å². The van der Waals surface area contributed by atoms with Gasteiger partial charge < -0.3 is 20.1 Å². The Morgan fingerprint density at radius 2 is 1.82 bits per heavy atom. The van der Waals surface area contributed by atoms with E-state index in [-0.39, 0.29) is 29.1 Å². The quantitative estimate of drug-likeness (QED) is 0.768. The lowest BCUT2D eigenvalue weighted by Gasteiger charge is -2.17. The number of ether oxygens (including phenoxy) is 2. The summed E-state index contributed by atoms with van der Waals surface area (Å²) >= 11 is 11.8. The Morgan fingerprint density at radius 3 is 2.57 bits per heavy atom. The molecule has 3 rings (SSSR count). The molecule has 6 nitrogen and oxygen atoms in total. The van der Waals surface area contributed by atoms with Crippen LogP contribution < -0.4 is 20.1 Å². The molecule has 0 saturated carbocycles. The molecular formula is C20H20Cl2N2O4. The van der Waals surface area contributed by atoms with Gasteiger partial charge in [0.05, 0.1) is 36.4 Å². The molecule has 2 amide bonds. The third-order valence-electron chi connectivity index (χ3n) is 4.23. The predicted octanol–water partition coefficient (Wildman–Crippen LogP) is 3.76. The highest BCUT2D eigenvalue weighted by Gasteiger charge is 2.16. The lowest BCUT2D eigenvalue weighted by molar-refractivity contribution is -0.120. The first-order valence-corrected chi connectivity index (χ1v) is 9.62. The molecule has 8 heteroatoms. The molecule has 1 aliphatic rings. The standard InChI is InChI=1S/C20H20Cl2N2O4/c1-12(13-3-6-17-18(9-13)28-8-2-7-27-17)24-19(25)11-23-20(26)15-5-4-14(21)10-16(15)22/h3-6,9-10,12H,2,7-8,11H2,1H3,(H,23,26)(H,24,25). The number of nitrogens with one attached hydrogen (secondary N) is 2. The van der Waals surface area contributed by atoms with Crippen molar-refractivity contribution < 1.29 is 19.1 Å². The summed E-state index contributed by atoms with van der Waals surface area (Å²) < 4.78 is 11.3. The summed E-state index contributed by atoms with van der Waals surface area (Å²) in [5, 5.41) is 6.06. The second kappa shape index (κ2) is 9.17. The van der Waals surface area contributed by atoms with Gasteiger partial charge in [-0.1, -0.05) is 29.3 Å². The minimum atomic E-state index is -0.444. The van der Waals surface area contributed by atoms with Gasteiger partial charge in [-0.2, -0.15) is 0 Å². The average Bonchev–Trinajstić information content (AvgIpc) is 2.90. The summed E-state index contributed by atoms with van der Waals surface area (Å²) in [4.78, 5) is 24.4. The zero-order valence-electron chi connectivity index (χ0n) is 15.3. The highest BCUT2D eigenvalue weighted by atomic mass is 35.5. The fraction of sp³-hybridized carbons (Fsp3) is 0.300. The maximum absolute atomic E-state index is 12.2. The van der Waals surface area contributed by atoms with E-state index in [1.54, 1.807) is 6.07 Å². The third kappa shape index (κ3) is 5.09. The topological polar surface area (TPSA) is 76.7 Å². The van der Waals surface area contributed by atoms with Crippen LogP contribution in [-0.2, 0) is 4.79 Å². The first-order valence-electron chi connectivity index (χ1n) is 8.86. The van der Waals surface area contributed by atoms with Gasteiger partial charge in [-0.05, 0) is 42.8 Å². The van der Waals surface area contributed by atoms with Gasteiger partial charge in [-0.25, -0.2) is 0 Å². The molecular weight excluding hydrogens is 403 g/mol.